The fourth-order valence-electron chi connectivity index (χ4n) is 2.30. The summed E-state index contributed by atoms with van der Waals surface area (Å²) in [5, 5.41) is 4.04. The second-order valence-electron chi connectivity index (χ2n) is 4.95. The first-order valence-electron chi connectivity index (χ1n) is 6.47. The zero-order valence-corrected chi connectivity index (χ0v) is 13.0. The highest BCUT2D eigenvalue weighted by Crippen LogP contribution is 2.23. The summed E-state index contributed by atoms with van der Waals surface area (Å²) in [7, 11) is 0. The molecule has 1 aromatic rings. The van der Waals surface area contributed by atoms with Crippen LogP contribution in [0.4, 0.5) is 19.0 Å². The molecule has 2 rings (SSSR count). The first kappa shape index (κ1) is 16.6. The number of hydrogen-bond donors (Lipinski definition) is 1. The molecule has 0 amide bonds. The SMILES string of the molecule is CSc1nc(Cl)cc(NCC2CCN(CC(F)(F)F)C2)n1. The number of nitrogens with zero attached hydrogens (tertiary/aromatic N) is 3. The molecule has 0 aromatic carbocycles. The van der Waals surface area contributed by atoms with E-state index >= 15 is 0 Å². The summed E-state index contributed by atoms with van der Waals surface area (Å²) in [6, 6.07) is 1.61. The molecule has 9 heteroatoms. The van der Waals surface area contributed by atoms with Crippen LogP contribution in [0.15, 0.2) is 11.2 Å². The summed E-state index contributed by atoms with van der Waals surface area (Å²) in [4.78, 5) is 9.72. The minimum Gasteiger partial charge on any atom is -0.370 e. The molecule has 1 atom stereocenters. The molecule has 1 N–H and O–H groups in total. The maximum Gasteiger partial charge on any atom is 0.401 e. The van der Waals surface area contributed by atoms with Gasteiger partial charge in [0.05, 0.1) is 6.54 Å². The smallest absolute Gasteiger partial charge is 0.370 e. The number of hydrogen-bond acceptors (Lipinski definition) is 5. The van der Waals surface area contributed by atoms with Crippen LogP contribution in [0.3, 0.4) is 0 Å². The van der Waals surface area contributed by atoms with Crippen molar-refractivity contribution in [2.75, 3.05) is 37.8 Å². The van der Waals surface area contributed by atoms with E-state index in [1.54, 1.807) is 6.07 Å². The normalized spacial score (nSPS) is 20.0. The van der Waals surface area contributed by atoms with E-state index in [1.165, 1.54) is 16.7 Å². The number of anilines is 1. The van der Waals surface area contributed by atoms with Gasteiger partial charge < -0.3 is 5.32 Å². The summed E-state index contributed by atoms with van der Waals surface area (Å²) in [6.45, 7) is 0.669. The predicted octanol–water partition coefficient (Wildman–Crippen LogP) is 3.15. The molecule has 21 heavy (non-hydrogen) atoms. The molecule has 0 saturated carbocycles. The molecule has 2 heterocycles. The Morgan fingerprint density at radius 2 is 2.24 bits per heavy atom. The van der Waals surface area contributed by atoms with Crippen molar-refractivity contribution in [1.82, 2.24) is 14.9 Å². The molecular formula is C12H16ClF3N4S. The van der Waals surface area contributed by atoms with Crippen molar-refractivity contribution in [2.24, 2.45) is 5.92 Å². The Kier molecular flexibility index (Phi) is 5.56. The highest BCUT2D eigenvalue weighted by molar-refractivity contribution is 7.98. The van der Waals surface area contributed by atoms with E-state index in [2.05, 4.69) is 15.3 Å². The van der Waals surface area contributed by atoms with Gasteiger partial charge in [0.25, 0.3) is 0 Å². The molecule has 0 radical (unpaired) electrons. The van der Waals surface area contributed by atoms with Gasteiger partial charge in [-0.1, -0.05) is 23.4 Å². The van der Waals surface area contributed by atoms with E-state index in [0.29, 0.717) is 35.8 Å². The molecule has 1 aliphatic heterocycles. The van der Waals surface area contributed by atoms with Gasteiger partial charge in [0.15, 0.2) is 5.16 Å². The van der Waals surface area contributed by atoms with E-state index in [4.69, 9.17) is 11.6 Å². The first-order chi connectivity index (χ1) is 9.85. The van der Waals surface area contributed by atoms with Gasteiger partial charge in [-0.15, -0.1) is 0 Å². The topological polar surface area (TPSA) is 41.1 Å². The average molecular weight is 341 g/mol. The Labute approximate surface area is 130 Å². The fourth-order valence-corrected chi connectivity index (χ4v) is 2.92. The van der Waals surface area contributed by atoms with Gasteiger partial charge in [-0.05, 0) is 25.1 Å². The molecular weight excluding hydrogens is 325 g/mol. The Balaban J connectivity index is 1.83. The number of halogens is 4. The second kappa shape index (κ2) is 7.02. The third kappa shape index (κ3) is 5.52. The lowest BCUT2D eigenvalue weighted by molar-refractivity contribution is -0.143. The number of likely N-dealkylation sites (tertiary alicyclic amines) is 1. The maximum atomic E-state index is 12.3. The predicted molar refractivity (Wildman–Crippen MR) is 77.9 cm³/mol. The fraction of sp³-hybridized carbons (Fsp3) is 0.667. The average Bonchev–Trinajstić information content (AvgIpc) is 2.81. The summed E-state index contributed by atoms with van der Waals surface area (Å²) in [6.07, 6.45) is -1.53. The van der Waals surface area contributed by atoms with Crippen LogP contribution in [0, 0.1) is 5.92 Å². The molecule has 0 spiro atoms. The number of thioether (sulfide) groups is 1. The van der Waals surface area contributed by atoms with E-state index in [9.17, 15) is 13.2 Å². The van der Waals surface area contributed by atoms with E-state index < -0.39 is 12.7 Å². The van der Waals surface area contributed by atoms with Crippen molar-refractivity contribution in [3.63, 3.8) is 0 Å². The van der Waals surface area contributed by atoms with Crippen LogP contribution in [0.25, 0.3) is 0 Å². The Bertz CT molecular complexity index is 486. The molecule has 1 aromatic heterocycles. The zero-order valence-electron chi connectivity index (χ0n) is 11.5. The van der Waals surface area contributed by atoms with Gasteiger partial charge >= 0.3 is 6.18 Å². The molecule has 0 aliphatic carbocycles. The largest absolute Gasteiger partial charge is 0.401 e. The highest BCUT2D eigenvalue weighted by Gasteiger charge is 2.34. The van der Waals surface area contributed by atoms with Crippen molar-refractivity contribution < 1.29 is 13.2 Å². The van der Waals surface area contributed by atoms with Crippen molar-refractivity contribution >= 4 is 29.2 Å². The Morgan fingerprint density at radius 1 is 1.48 bits per heavy atom. The van der Waals surface area contributed by atoms with E-state index in [0.717, 1.165) is 6.42 Å². The Hall–Kier alpha value is -0.730. The van der Waals surface area contributed by atoms with Crippen LogP contribution in [0.5, 0.6) is 0 Å². The number of aromatic nitrogens is 2. The molecule has 1 aliphatic rings. The first-order valence-corrected chi connectivity index (χ1v) is 8.07. The van der Waals surface area contributed by atoms with Gasteiger partial charge in [0.1, 0.15) is 11.0 Å². The van der Waals surface area contributed by atoms with Crippen molar-refractivity contribution in [3.05, 3.63) is 11.2 Å². The highest BCUT2D eigenvalue weighted by atomic mass is 35.5. The van der Waals surface area contributed by atoms with Crippen LogP contribution >= 0.6 is 23.4 Å². The monoisotopic (exact) mass is 340 g/mol. The molecule has 1 fully saturated rings. The van der Waals surface area contributed by atoms with E-state index in [1.807, 2.05) is 6.26 Å². The lowest BCUT2D eigenvalue weighted by atomic mass is 10.1. The van der Waals surface area contributed by atoms with Gasteiger partial charge in [-0.3, -0.25) is 4.90 Å². The molecule has 118 valence electrons. The summed E-state index contributed by atoms with van der Waals surface area (Å²) in [5.41, 5.74) is 0. The van der Waals surface area contributed by atoms with Crippen LogP contribution < -0.4 is 5.32 Å². The molecule has 4 nitrogen and oxygen atoms in total. The summed E-state index contributed by atoms with van der Waals surface area (Å²) in [5.74, 6) is 0.785. The molecule has 0 bridgehead atoms. The van der Waals surface area contributed by atoms with E-state index in [-0.39, 0.29) is 5.92 Å². The van der Waals surface area contributed by atoms with Crippen LogP contribution in [-0.4, -0.2) is 53.5 Å². The van der Waals surface area contributed by atoms with Crippen LogP contribution in [0.2, 0.25) is 5.15 Å². The minimum absolute atomic E-state index is 0.179. The second-order valence-corrected chi connectivity index (χ2v) is 6.11. The summed E-state index contributed by atoms with van der Waals surface area (Å²) < 4.78 is 37.0. The van der Waals surface area contributed by atoms with Crippen molar-refractivity contribution in [1.29, 1.82) is 0 Å². The van der Waals surface area contributed by atoms with Crippen LogP contribution in [0.1, 0.15) is 6.42 Å². The minimum atomic E-state index is -4.13. The quantitative estimate of drug-likeness (QED) is 0.506. The van der Waals surface area contributed by atoms with Crippen LogP contribution in [-0.2, 0) is 0 Å². The molecule has 1 saturated heterocycles. The van der Waals surface area contributed by atoms with Crippen molar-refractivity contribution in [2.45, 2.75) is 17.8 Å². The van der Waals surface area contributed by atoms with Gasteiger partial charge in [0, 0.05) is 19.2 Å². The lowest BCUT2D eigenvalue weighted by Gasteiger charge is -2.18. The maximum absolute atomic E-state index is 12.3. The standard InChI is InChI=1S/C12H16ClF3N4S/c1-21-11-18-9(13)4-10(19-11)17-5-8-2-3-20(6-8)7-12(14,15)16/h4,8H,2-3,5-7H2,1H3,(H,17,18,19). The number of rotatable bonds is 5. The zero-order chi connectivity index (χ0) is 15.5. The Morgan fingerprint density at radius 3 is 2.90 bits per heavy atom. The summed E-state index contributed by atoms with van der Waals surface area (Å²) >= 11 is 7.26. The van der Waals surface area contributed by atoms with Gasteiger partial charge in [-0.2, -0.15) is 13.2 Å². The van der Waals surface area contributed by atoms with Gasteiger partial charge in [0.2, 0.25) is 0 Å². The third-order valence-electron chi connectivity index (χ3n) is 3.20. The third-order valence-corrected chi connectivity index (χ3v) is 3.94. The van der Waals surface area contributed by atoms with Gasteiger partial charge in [-0.25, -0.2) is 9.97 Å². The van der Waals surface area contributed by atoms with Crippen molar-refractivity contribution in [3.8, 4) is 0 Å². The lowest BCUT2D eigenvalue weighted by Crippen LogP contribution is -2.33. The molecule has 1 unspecified atom stereocenters. The number of nitrogens with one attached hydrogen (secondary N) is 1. The number of alkyl halides is 3.